The van der Waals surface area contributed by atoms with Gasteiger partial charge in [-0.3, -0.25) is 4.79 Å². The van der Waals surface area contributed by atoms with Crippen molar-refractivity contribution in [2.75, 3.05) is 25.5 Å². The fourth-order valence-corrected chi connectivity index (χ4v) is 3.23. The molecule has 4 nitrogen and oxygen atoms in total. The summed E-state index contributed by atoms with van der Waals surface area (Å²) in [5, 5.41) is 3.19. The van der Waals surface area contributed by atoms with Crippen LogP contribution in [0.2, 0.25) is 0 Å². The van der Waals surface area contributed by atoms with Crippen LogP contribution in [-0.4, -0.2) is 26.5 Å². The molecule has 0 aliphatic heterocycles. The predicted octanol–water partition coefficient (Wildman–Crippen LogP) is 4.83. The Morgan fingerprint density at radius 3 is 2.34 bits per heavy atom. The van der Waals surface area contributed by atoms with Crippen LogP contribution >= 0.6 is 0 Å². The van der Waals surface area contributed by atoms with Gasteiger partial charge in [0.05, 0.1) is 12.7 Å². The maximum Gasteiger partial charge on any atom is 0.258 e. The van der Waals surface area contributed by atoms with Gasteiger partial charge in [0, 0.05) is 18.3 Å². The van der Waals surface area contributed by atoms with Crippen molar-refractivity contribution in [3.05, 3.63) is 102 Å². The smallest absolute Gasteiger partial charge is 0.258 e. The zero-order chi connectivity index (χ0) is 20.5. The highest BCUT2D eigenvalue weighted by Crippen LogP contribution is 2.24. The van der Waals surface area contributed by atoms with Crippen LogP contribution in [0.1, 0.15) is 34.0 Å². The normalized spacial score (nSPS) is 11.8. The van der Waals surface area contributed by atoms with Crippen molar-refractivity contribution in [2.45, 2.75) is 19.1 Å². The van der Waals surface area contributed by atoms with Gasteiger partial charge in [0.1, 0.15) is 0 Å². The van der Waals surface area contributed by atoms with Crippen LogP contribution < -0.4 is 10.2 Å². The number of hydrogen-bond acceptors (Lipinski definition) is 3. The highest BCUT2D eigenvalue weighted by molar-refractivity contribution is 6.05. The number of ether oxygens (including phenoxy) is 1. The lowest BCUT2D eigenvalue weighted by atomic mass is 10.1. The van der Waals surface area contributed by atoms with E-state index in [-0.39, 0.29) is 12.0 Å². The Bertz CT molecular complexity index is 897. The van der Waals surface area contributed by atoms with Crippen molar-refractivity contribution in [2.24, 2.45) is 0 Å². The molecule has 1 amide bonds. The maximum absolute atomic E-state index is 12.7. The monoisotopic (exact) mass is 388 g/mol. The first-order valence-corrected chi connectivity index (χ1v) is 9.92. The SMILES string of the molecule is CNCCC(OCc1cccc(N(C)C(=O)c2ccccc2)c1)c1ccccc1. The summed E-state index contributed by atoms with van der Waals surface area (Å²) < 4.78 is 6.25. The predicted molar refractivity (Wildman–Crippen MR) is 118 cm³/mol. The Hall–Kier alpha value is -2.95. The third kappa shape index (κ3) is 5.76. The molecule has 1 N–H and O–H groups in total. The van der Waals surface area contributed by atoms with E-state index < -0.39 is 0 Å². The van der Waals surface area contributed by atoms with Gasteiger partial charge in [-0.15, -0.1) is 0 Å². The highest BCUT2D eigenvalue weighted by atomic mass is 16.5. The highest BCUT2D eigenvalue weighted by Gasteiger charge is 2.15. The Morgan fingerprint density at radius 1 is 0.966 bits per heavy atom. The van der Waals surface area contributed by atoms with Crippen LogP contribution in [0.15, 0.2) is 84.9 Å². The van der Waals surface area contributed by atoms with Crippen molar-refractivity contribution in [3.8, 4) is 0 Å². The molecule has 0 aliphatic rings. The third-order valence-electron chi connectivity index (χ3n) is 4.90. The molecular weight excluding hydrogens is 360 g/mol. The minimum atomic E-state index is -0.0279. The van der Waals surface area contributed by atoms with Gasteiger partial charge < -0.3 is 15.0 Å². The summed E-state index contributed by atoms with van der Waals surface area (Å²) in [5.74, 6) is -0.0279. The molecule has 3 aromatic rings. The molecule has 0 aromatic heterocycles. The second-order valence-electron chi connectivity index (χ2n) is 7.00. The zero-order valence-electron chi connectivity index (χ0n) is 17.0. The number of benzene rings is 3. The lowest BCUT2D eigenvalue weighted by molar-refractivity contribution is 0.0344. The summed E-state index contributed by atoms with van der Waals surface area (Å²) in [7, 11) is 3.75. The molecule has 0 aliphatic carbocycles. The number of rotatable bonds is 9. The summed E-state index contributed by atoms with van der Waals surface area (Å²) in [4.78, 5) is 14.4. The molecule has 0 saturated carbocycles. The summed E-state index contributed by atoms with van der Waals surface area (Å²) in [5.41, 5.74) is 3.75. The number of carbonyl (C=O) groups excluding carboxylic acids is 1. The van der Waals surface area contributed by atoms with Crippen LogP contribution in [-0.2, 0) is 11.3 Å². The second-order valence-corrected chi connectivity index (χ2v) is 7.00. The summed E-state index contributed by atoms with van der Waals surface area (Å²) >= 11 is 0. The van der Waals surface area contributed by atoms with Crippen LogP contribution in [0.25, 0.3) is 0 Å². The lowest BCUT2D eigenvalue weighted by Crippen LogP contribution is -2.26. The van der Waals surface area contributed by atoms with E-state index in [0.29, 0.717) is 12.2 Å². The van der Waals surface area contributed by atoms with Gasteiger partial charge in [-0.1, -0.05) is 60.7 Å². The molecule has 29 heavy (non-hydrogen) atoms. The summed E-state index contributed by atoms with van der Waals surface area (Å²) in [6.07, 6.45) is 0.919. The number of amides is 1. The first kappa shape index (κ1) is 20.8. The van der Waals surface area contributed by atoms with E-state index in [0.717, 1.165) is 24.2 Å². The number of nitrogens with zero attached hydrogens (tertiary/aromatic N) is 1. The number of anilines is 1. The van der Waals surface area contributed by atoms with Crippen molar-refractivity contribution in [1.29, 1.82) is 0 Å². The Labute approximate surface area is 173 Å². The van der Waals surface area contributed by atoms with Crippen LogP contribution in [0.4, 0.5) is 5.69 Å². The van der Waals surface area contributed by atoms with E-state index in [4.69, 9.17) is 4.74 Å². The Balaban J connectivity index is 1.69. The van der Waals surface area contributed by atoms with E-state index in [9.17, 15) is 4.79 Å². The number of hydrogen-bond donors (Lipinski definition) is 1. The van der Waals surface area contributed by atoms with Gasteiger partial charge in [-0.2, -0.15) is 0 Å². The molecule has 3 aromatic carbocycles. The Kier molecular flexibility index (Phi) is 7.56. The molecule has 4 heteroatoms. The van der Waals surface area contributed by atoms with E-state index >= 15 is 0 Å². The van der Waals surface area contributed by atoms with Crippen LogP contribution in [0.3, 0.4) is 0 Å². The summed E-state index contributed by atoms with van der Waals surface area (Å²) in [6, 6.07) is 27.6. The molecular formula is C25H28N2O2. The van der Waals surface area contributed by atoms with E-state index in [2.05, 4.69) is 17.4 Å². The van der Waals surface area contributed by atoms with Crippen LogP contribution in [0, 0.1) is 0 Å². The van der Waals surface area contributed by atoms with Gasteiger partial charge >= 0.3 is 0 Å². The third-order valence-corrected chi connectivity index (χ3v) is 4.90. The first-order chi connectivity index (χ1) is 14.2. The van der Waals surface area contributed by atoms with Crippen molar-refractivity contribution >= 4 is 11.6 Å². The van der Waals surface area contributed by atoms with Gasteiger partial charge in [0.25, 0.3) is 5.91 Å². The molecule has 1 unspecified atom stereocenters. The average Bonchev–Trinajstić information content (AvgIpc) is 2.79. The lowest BCUT2D eigenvalue weighted by Gasteiger charge is -2.20. The minimum absolute atomic E-state index is 0.0241. The first-order valence-electron chi connectivity index (χ1n) is 9.92. The number of nitrogens with one attached hydrogen (secondary N) is 1. The minimum Gasteiger partial charge on any atom is -0.369 e. The fraction of sp³-hybridized carbons (Fsp3) is 0.240. The molecule has 0 radical (unpaired) electrons. The van der Waals surface area contributed by atoms with Gasteiger partial charge in [-0.25, -0.2) is 0 Å². The fourth-order valence-electron chi connectivity index (χ4n) is 3.23. The average molecular weight is 389 g/mol. The van der Waals surface area contributed by atoms with Crippen LogP contribution in [0.5, 0.6) is 0 Å². The van der Waals surface area contributed by atoms with Gasteiger partial charge in [0.15, 0.2) is 0 Å². The molecule has 1 atom stereocenters. The quantitative estimate of drug-likeness (QED) is 0.571. The maximum atomic E-state index is 12.7. The second kappa shape index (κ2) is 10.6. The molecule has 0 saturated heterocycles. The molecule has 150 valence electrons. The molecule has 0 fully saturated rings. The number of carbonyl (C=O) groups is 1. The largest absolute Gasteiger partial charge is 0.369 e. The standard InChI is InChI=1S/C25H28N2O2/c1-26-17-16-24(21-11-5-3-6-12-21)29-19-20-10-9-15-23(18-20)27(2)25(28)22-13-7-4-8-14-22/h3-15,18,24,26H,16-17,19H2,1-2H3. The van der Waals surface area contributed by atoms with Gasteiger partial charge in [0.2, 0.25) is 0 Å². The topological polar surface area (TPSA) is 41.6 Å². The van der Waals surface area contributed by atoms with E-state index in [1.165, 1.54) is 5.56 Å². The molecule has 3 rings (SSSR count). The van der Waals surface area contributed by atoms with Gasteiger partial charge in [-0.05, 0) is 55.4 Å². The molecule has 0 bridgehead atoms. The molecule has 0 spiro atoms. The summed E-state index contributed by atoms with van der Waals surface area (Å²) in [6.45, 7) is 1.37. The zero-order valence-corrected chi connectivity index (χ0v) is 17.0. The van der Waals surface area contributed by atoms with Crippen molar-refractivity contribution in [1.82, 2.24) is 5.32 Å². The molecule has 0 heterocycles. The van der Waals surface area contributed by atoms with E-state index in [1.807, 2.05) is 79.8 Å². The van der Waals surface area contributed by atoms with Crippen molar-refractivity contribution < 1.29 is 9.53 Å². The van der Waals surface area contributed by atoms with Crippen molar-refractivity contribution in [3.63, 3.8) is 0 Å². The van der Waals surface area contributed by atoms with E-state index in [1.54, 1.807) is 11.9 Å². The Morgan fingerprint density at radius 2 is 1.66 bits per heavy atom.